The number of amides is 1. The van der Waals surface area contributed by atoms with Crippen LogP contribution in [0.4, 0.5) is 0 Å². The van der Waals surface area contributed by atoms with Crippen LogP contribution in [-0.4, -0.2) is 23.3 Å². The number of amidine groups is 1. The zero-order chi connectivity index (χ0) is 26.2. The van der Waals surface area contributed by atoms with Gasteiger partial charge in [-0.15, -0.1) is 0 Å². The van der Waals surface area contributed by atoms with Crippen LogP contribution in [0, 0.1) is 0 Å². The highest BCUT2D eigenvalue weighted by molar-refractivity contribution is 5.90. The molecule has 3 nitrogen and oxygen atoms in total. The van der Waals surface area contributed by atoms with Crippen molar-refractivity contribution in [2.45, 2.75) is 181 Å². The van der Waals surface area contributed by atoms with Crippen LogP contribution < -0.4 is 0 Å². The maximum Gasteiger partial charge on any atom is 0.324 e. The van der Waals surface area contributed by atoms with Gasteiger partial charge in [0.1, 0.15) is 6.20 Å². The average molecular weight is 504 g/mol. The fraction of sp³-hybridized carbons (Fsp3) is 0.879. The molecule has 0 aromatic carbocycles. The normalized spacial score (nSPS) is 17.1. The Morgan fingerprint density at radius 3 is 1.36 bits per heavy atom. The Hall–Kier alpha value is -0.960. The fourth-order valence-electron chi connectivity index (χ4n) is 5.46. The quantitative estimate of drug-likeness (QED) is 0.0852. The lowest BCUT2D eigenvalue weighted by atomic mass is 10.0. The molecular weight excluding hydrogens is 440 g/mol. The molecule has 3 heteroatoms. The van der Waals surface area contributed by atoms with Gasteiger partial charge in [0, 0.05) is 6.42 Å². The lowest BCUT2D eigenvalue weighted by Gasteiger charge is -2.25. The van der Waals surface area contributed by atoms with Gasteiger partial charge in [0.15, 0.2) is 0 Å². The topological polar surface area (TPSA) is 29.4 Å². The van der Waals surface area contributed by atoms with Gasteiger partial charge in [-0.25, -0.2) is 9.79 Å². The second-order valence-electron chi connectivity index (χ2n) is 11.6. The summed E-state index contributed by atoms with van der Waals surface area (Å²) in [5.74, 6) is 1.39. The molecule has 210 valence electrons. The van der Waals surface area contributed by atoms with Crippen molar-refractivity contribution in [2.24, 2.45) is 4.99 Å². The maximum absolute atomic E-state index is 13.0. The smallest absolute Gasteiger partial charge is 0.230 e. The highest BCUT2D eigenvalue weighted by atomic mass is 16.2. The number of quaternary nitrogens is 1. The van der Waals surface area contributed by atoms with Crippen molar-refractivity contribution in [1.82, 2.24) is 0 Å². The minimum Gasteiger partial charge on any atom is -0.230 e. The summed E-state index contributed by atoms with van der Waals surface area (Å²) in [6.45, 7) is 4.57. The van der Waals surface area contributed by atoms with Gasteiger partial charge < -0.3 is 0 Å². The minimum absolute atomic E-state index is 0.327. The first kappa shape index (κ1) is 33.1. The van der Waals surface area contributed by atoms with Gasteiger partial charge in [0.25, 0.3) is 0 Å². The molecule has 0 radical (unpaired) electrons. The SMILES string of the molecule is CCCCCCCCCCCCCCCCC(=O)[N+]1(C)C=CN=C1CCCCCCCCCCCC. The predicted molar refractivity (Wildman–Crippen MR) is 159 cm³/mol. The molecule has 1 heterocycles. The summed E-state index contributed by atoms with van der Waals surface area (Å²) in [6.07, 6.45) is 37.9. The first-order valence-corrected chi connectivity index (χ1v) is 16.3. The van der Waals surface area contributed by atoms with Gasteiger partial charge in [0.05, 0.1) is 19.7 Å². The van der Waals surface area contributed by atoms with E-state index in [1.807, 2.05) is 19.4 Å². The number of hydrogen-bond donors (Lipinski definition) is 0. The van der Waals surface area contributed by atoms with Crippen molar-refractivity contribution >= 4 is 11.7 Å². The van der Waals surface area contributed by atoms with Gasteiger partial charge in [-0.3, -0.25) is 0 Å². The Morgan fingerprint density at radius 1 is 0.583 bits per heavy atom. The lowest BCUT2D eigenvalue weighted by molar-refractivity contribution is -0.683. The van der Waals surface area contributed by atoms with Crippen LogP contribution in [0.15, 0.2) is 17.4 Å². The molecule has 0 aromatic heterocycles. The second-order valence-corrected chi connectivity index (χ2v) is 11.6. The number of carbonyl (C=O) groups is 1. The molecule has 1 aliphatic heterocycles. The van der Waals surface area contributed by atoms with Crippen LogP contribution in [0.5, 0.6) is 0 Å². The summed E-state index contributed by atoms with van der Waals surface area (Å²) < 4.78 is 0.329. The van der Waals surface area contributed by atoms with E-state index >= 15 is 0 Å². The first-order chi connectivity index (χ1) is 17.6. The number of carbonyl (C=O) groups excluding carboxylic acids is 1. The van der Waals surface area contributed by atoms with E-state index in [4.69, 9.17) is 0 Å². The molecule has 0 spiro atoms. The standard InChI is InChI=1S/C33H63N2O/c1-4-6-8-10-12-14-16-17-18-19-21-23-25-27-29-33(36)35(3)31-30-34-32(35)28-26-24-22-20-15-13-11-9-7-5-2/h30-31H,4-29H2,1-3H3/q+1. The van der Waals surface area contributed by atoms with E-state index in [2.05, 4.69) is 18.8 Å². The van der Waals surface area contributed by atoms with Gasteiger partial charge in [-0.1, -0.05) is 155 Å². The van der Waals surface area contributed by atoms with E-state index in [-0.39, 0.29) is 0 Å². The van der Waals surface area contributed by atoms with Crippen molar-refractivity contribution in [3.8, 4) is 0 Å². The number of nitrogens with zero attached hydrogens (tertiary/aromatic N) is 2. The molecule has 0 fully saturated rings. The predicted octanol–water partition coefficient (Wildman–Crippen LogP) is 11.0. The van der Waals surface area contributed by atoms with E-state index in [0.717, 1.165) is 25.1 Å². The maximum atomic E-state index is 13.0. The van der Waals surface area contributed by atoms with Crippen molar-refractivity contribution in [2.75, 3.05) is 7.05 Å². The molecule has 1 atom stereocenters. The third-order valence-corrected chi connectivity index (χ3v) is 8.14. The lowest BCUT2D eigenvalue weighted by Crippen LogP contribution is -2.47. The van der Waals surface area contributed by atoms with E-state index < -0.39 is 0 Å². The van der Waals surface area contributed by atoms with Crippen LogP contribution in [0.25, 0.3) is 0 Å². The van der Waals surface area contributed by atoms with Crippen LogP contribution in [0.1, 0.15) is 181 Å². The van der Waals surface area contributed by atoms with Gasteiger partial charge in [-0.05, 0) is 12.8 Å². The molecule has 0 aromatic rings. The highest BCUT2D eigenvalue weighted by Gasteiger charge is 2.37. The van der Waals surface area contributed by atoms with Crippen molar-refractivity contribution in [3.63, 3.8) is 0 Å². The Kier molecular flexibility index (Phi) is 21.3. The number of hydrogen-bond acceptors (Lipinski definition) is 2. The Labute approximate surface area is 226 Å². The van der Waals surface area contributed by atoms with Crippen LogP contribution in [0.2, 0.25) is 0 Å². The van der Waals surface area contributed by atoms with Crippen LogP contribution in [-0.2, 0) is 4.79 Å². The Morgan fingerprint density at radius 2 is 0.944 bits per heavy atom. The van der Waals surface area contributed by atoms with E-state index in [1.54, 1.807) is 0 Å². The van der Waals surface area contributed by atoms with Crippen molar-refractivity contribution in [1.29, 1.82) is 0 Å². The fourth-order valence-corrected chi connectivity index (χ4v) is 5.46. The van der Waals surface area contributed by atoms with Crippen molar-refractivity contribution < 1.29 is 9.28 Å². The first-order valence-electron chi connectivity index (χ1n) is 16.3. The largest absolute Gasteiger partial charge is 0.324 e. The molecule has 1 unspecified atom stereocenters. The third kappa shape index (κ3) is 16.0. The van der Waals surface area contributed by atoms with E-state index in [1.165, 1.54) is 141 Å². The molecule has 0 N–H and O–H groups in total. The van der Waals surface area contributed by atoms with Gasteiger partial charge in [0.2, 0.25) is 5.84 Å². The summed E-state index contributed by atoms with van der Waals surface area (Å²) >= 11 is 0. The molecule has 0 bridgehead atoms. The molecule has 0 saturated carbocycles. The average Bonchev–Trinajstić information content (AvgIpc) is 3.26. The monoisotopic (exact) mass is 503 g/mol. The van der Waals surface area contributed by atoms with E-state index in [0.29, 0.717) is 16.8 Å². The molecule has 0 aliphatic carbocycles. The molecular formula is C33H63N2O+. The molecule has 1 amide bonds. The minimum atomic E-state index is 0.327. The zero-order valence-electron chi connectivity index (χ0n) is 24.8. The van der Waals surface area contributed by atoms with Crippen molar-refractivity contribution in [3.05, 3.63) is 12.4 Å². The zero-order valence-corrected chi connectivity index (χ0v) is 24.8. The van der Waals surface area contributed by atoms with E-state index in [9.17, 15) is 4.79 Å². The van der Waals surface area contributed by atoms with Crippen LogP contribution in [0.3, 0.4) is 0 Å². The second kappa shape index (κ2) is 23.2. The summed E-state index contributed by atoms with van der Waals surface area (Å²) in [7, 11) is 2.05. The number of aliphatic imine (C=N–C) groups is 1. The van der Waals surface area contributed by atoms with Crippen LogP contribution >= 0.6 is 0 Å². The summed E-state index contributed by atoms with van der Waals surface area (Å²) in [4.78, 5) is 17.6. The number of rotatable bonds is 26. The molecule has 1 aliphatic rings. The molecule has 36 heavy (non-hydrogen) atoms. The third-order valence-electron chi connectivity index (χ3n) is 8.14. The van der Waals surface area contributed by atoms with Gasteiger partial charge >= 0.3 is 5.91 Å². The number of unbranched alkanes of at least 4 members (excludes halogenated alkanes) is 22. The summed E-state index contributed by atoms with van der Waals surface area (Å²) in [5.41, 5.74) is 0. The Balaban J connectivity index is 2.00. The molecule has 1 rings (SSSR count). The highest BCUT2D eigenvalue weighted by Crippen LogP contribution is 2.22. The Bertz CT molecular complexity index is 582. The molecule has 0 saturated heterocycles. The summed E-state index contributed by atoms with van der Waals surface area (Å²) in [6, 6.07) is 0. The summed E-state index contributed by atoms with van der Waals surface area (Å²) in [5, 5.41) is 0. The van der Waals surface area contributed by atoms with Gasteiger partial charge in [-0.2, -0.15) is 4.48 Å².